The van der Waals surface area contributed by atoms with Crippen LogP contribution in [0.2, 0.25) is 10.0 Å². The molecule has 0 atom stereocenters. The van der Waals surface area contributed by atoms with Gasteiger partial charge in [0.1, 0.15) is 11.6 Å². The quantitative estimate of drug-likeness (QED) is 0.406. The molecule has 2 aromatic heterocycles. The average Bonchev–Trinajstić information content (AvgIpc) is 3.05. The van der Waals surface area contributed by atoms with Gasteiger partial charge in [0.25, 0.3) is 5.91 Å². The lowest BCUT2D eigenvalue weighted by Gasteiger charge is -2.11. The number of carbonyl (C=O) groups excluding carboxylic acids is 1. The fourth-order valence-corrected chi connectivity index (χ4v) is 3.86. The summed E-state index contributed by atoms with van der Waals surface area (Å²) in [7, 11) is 0. The number of anilines is 3. The Bertz CT molecular complexity index is 1200. The fraction of sp³-hybridized carbons (Fsp3) is 0. The number of benzene rings is 2. The molecule has 9 heteroatoms. The summed E-state index contributed by atoms with van der Waals surface area (Å²) < 4.78 is 14.0. The Morgan fingerprint density at radius 2 is 1.96 bits per heavy atom. The van der Waals surface area contributed by atoms with Gasteiger partial charge in [0, 0.05) is 11.2 Å². The maximum absolute atomic E-state index is 13.3. The van der Waals surface area contributed by atoms with Crippen LogP contribution < -0.4 is 10.6 Å². The van der Waals surface area contributed by atoms with Crippen LogP contribution in [-0.4, -0.2) is 15.9 Å². The van der Waals surface area contributed by atoms with Crippen LogP contribution in [0.15, 0.2) is 54.7 Å². The number of nitrogens with zero attached hydrogens (tertiary/aromatic N) is 2. The molecule has 0 aliphatic carbocycles. The molecule has 0 spiro atoms. The van der Waals surface area contributed by atoms with Crippen LogP contribution >= 0.6 is 34.5 Å². The minimum Gasteiger partial charge on any atom is -0.338 e. The number of rotatable bonds is 4. The Labute approximate surface area is 173 Å². The zero-order valence-electron chi connectivity index (χ0n) is 14.0. The first-order chi connectivity index (χ1) is 13.5. The molecule has 140 valence electrons. The van der Waals surface area contributed by atoms with E-state index in [2.05, 4.69) is 20.6 Å². The highest BCUT2D eigenvalue weighted by atomic mass is 35.5. The van der Waals surface area contributed by atoms with Crippen molar-refractivity contribution in [3.05, 3.63) is 76.2 Å². The lowest BCUT2D eigenvalue weighted by Crippen LogP contribution is -2.14. The smallest absolute Gasteiger partial charge is 0.261 e. The van der Waals surface area contributed by atoms with Gasteiger partial charge >= 0.3 is 0 Å². The molecule has 4 aromatic rings. The summed E-state index contributed by atoms with van der Waals surface area (Å²) >= 11 is 13.3. The van der Waals surface area contributed by atoms with E-state index in [1.54, 1.807) is 42.6 Å². The van der Waals surface area contributed by atoms with Gasteiger partial charge in [0.15, 0.2) is 5.13 Å². The number of hydrogen-bond acceptors (Lipinski definition) is 5. The molecule has 0 bridgehead atoms. The molecule has 0 aliphatic rings. The third-order valence-corrected chi connectivity index (χ3v) is 5.29. The number of amides is 1. The van der Waals surface area contributed by atoms with E-state index in [0.717, 1.165) is 0 Å². The molecule has 4 rings (SSSR count). The normalized spacial score (nSPS) is 10.8. The van der Waals surface area contributed by atoms with Gasteiger partial charge in [-0.25, -0.2) is 14.4 Å². The minimum atomic E-state index is -0.403. The molecule has 1 amide bonds. The van der Waals surface area contributed by atoms with Crippen LogP contribution in [0.3, 0.4) is 0 Å². The number of thiazole rings is 1. The van der Waals surface area contributed by atoms with Crippen molar-refractivity contribution in [3.63, 3.8) is 0 Å². The van der Waals surface area contributed by atoms with Gasteiger partial charge in [-0.05, 0) is 48.5 Å². The van der Waals surface area contributed by atoms with Crippen LogP contribution in [0.25, 0.3) is 10.2 Å². The van der Waals surface area contributed by atoms with Gasteiger partial charge in [-0.2, -0.15) is 0 Å². The van der Waals surface area contributed by atoms with Crippen molar-refractivity contribution < 1.29 is 9.18 Å². The Hall–Kier alpha value is -2.74. The number of fused-ring (bicyclic) bond motifs is 1. The Morgan fingerprint density at radius 3 is 2.79 bits per heavy atom. The van der Waals surface area contributed by atoms with Gasteiger partial charge in [-0.15, -0.1) is 0 Å². The first-order valence-electron chi connectivity index (χ1n) is 8.04. The van der Waals surface area contributed by atoms with Crippen LogP contribution in [-0.2, 0) is 0 Å². The monoisotopic (exact) mass is 432 g/mol. The Balaban J connectivity index is 1.60. The van der Waals surface area contributed by atoms with Crippen LogP contribution in [0.1, 0.15) is 10.4 Å². The van der Waals surface area contributed by atoms with E-state index in [1.165, 1.54) is 23.5 Å². The summed E-state index contributed by atoms with van der Waals surface area (Å²) in [6.07, 6.45) is 1.56. The zero-order valence-corrected chi connectivity index (χ0v) is 16.4. The second-order valence-corrected chi connectivity index (χ2v) is 7.61. The average molecular weight is 433 g/mol. The van der Waals surface area contributed by atoms with E-state index < -0.39 is 5.91 Å². The van der Waals surface area contributed by atoms with Crippen LogP contribution in [0.5, 0.6) is 0 Å². The molecule has 2 heterocycles. The van der Waals surface area contributed by atoms with Gasteiger partial charge < -0.3 is 5.32 Å². The molecule has 0 unspecified atom stereocenters. The van der Waals surface area contributed by atoms with Gasteiger partial charge in [-0.3, -0.25) is 10.1 Å². The molecule has 0 radical (unpaired) electrons. The number of hydrogen-bond donors (Lipinski definition) is 2. The molecule has 0 saturated carbocycles. The van der Waals surface area contributed by atoms with Gasteiger partial charge in [0.2, 0.25) is 0 Å². The second kappa shape index (κ2) is 7.71. The van der Waals surface area contributed by atoms with E-state index in [9.17, 15) is 9.18 Å². The van der Waals surface area contributed by atoms with Crippen molar-refractivity contribution in [1.29, 1.82) is 0 Å². The zero-order chi connectivity index (χ0) is 19.7. The lowest BCUT2D eigenvalue weighted by molar-refractivity contribution is 0.102. The SMILES string of the molecule is O=C(Nc1nc2ccc(F)cc2s1)c1cccnc1Nc1ccc(Cl)cc1Cl. The van der Waals surface area contributed by atoms with E-state index in [-0.39, 0.29) is 5.82 Å². The van der Waals surface area contributed by atoms with Crippen molar-refractivity contribution in [2.75, 3.05) is 10.6 Å². The van der Waals surface area contributed by atoms with Crippen molar-refractivity contribution in [2.24, 2.45) is 0 Å². The summed E-state index contributed by atoms with van der Waals surface area (Å²) in [4.78, 5) is 21.3. The summed E-state index contributed by atoms with van der Waals surface area (Å²) in [5.74, 6) is -0.427. The van der Waals surface area contributed by atoms with E-state index in [4.69, 9.17) is 23.2 Å². The molecular formula is C19H11Cl2FN4OS. The van der Waals surface area contributed by atoms with Crippen molar-refractivity contribution in [2.45, 2.75) is 0 Å². The maximum Gasteiger partial charge on any atom is 0.261 e. The van der Waals surface area contributed by atoms with E-state index in [1.807, 2.05) is 0 Å². The standard InChI is InChI=1S/C19H11Cl2FN4OS/c20-10-3-5-14(13(21)8-10)24-17-12(2-1-7-23-17)18(27)26-19-25-15-6-4-11(22)9-16(15)28-19/h1-9H,(H,23,24)(H,25,26,27). The van der Waals surface area contributed by atoms with Crippen LogP contribution in [0, 0.1) is 5.82 Å². The highest BCUT2D eigenvalue weighted by molar-refractivity contribution is 7.22. The molecule has 28 heavy (non-hydrogen) atoms. The van der Waals surface area contributed by atoms with Crippen molar-refractivity contribution in [3.8, 4) is 0 Å². The van der Waals surface area contributed by atoms with Crippen molar-refractivity contribution in [1.82, 2.24) is 9.97 Å². The third-order valence-electron chi connectivity index (χ3n) is 3.81. The van der Waals surface area contributed by atoms with Gasteiger partial charge in [0.05, 0.1) is 26.5 Å². The number of pyridine rings is 1. The molecule has 0 fully saturated rings. The first-order valence-corrected chi connectivity index (χ1v) is 9.61. The summed E-state index contributed by atoms with van der Waals surface area (Å²) in [5, 5.41) is 7.04. The minimum absolute atomic E-state index is 0.305. The number of nitrogens with one attached hydrogen (secondary N) is 2. The van der Waals surface area contributed by atoms with Crippen LogP contribution in [0.4, 0.5) is 21.0 Å². The van der Waals surface area contributed by atoms with Crippen molar-refractivity contribution >= 4 is 67.3 Å². The number of halogens is 3. The maximum atomic E-state index is 13.3. The largest absolute Gasteiger partial charge is 0.338 e. The topological polar surface area (TPSA) is 66.9 Å². The molecule has 0 aliphatic heterocycles. The predicted octanol–water partition coefficient (Wildman–Crippen LogP) is 6.13. The molecule has 2 aromatic carbocycles. The molecule has 2 N–H and O–H groups in total. The molecule has 5 nitrogen and oxygen atoms in total. The predicted molar refractivity (Wildman–Crippen MR) is 112 cm³/mol. The number of carbonyl (C=O) groups is 1. The summed E-state index contributed by atoms with van der Waals surface area (Å²) in [5.41, 5.74) is 1.48. The van der Waals surface area contributed by atoms with Gasteiger partial charge in [-0.1, -0.05) is 34.5 Å². The molecular weight excluding hydrogens is 422 g/mol. The highest BCUT2D eigenvalue weighted by Crippen LogP contribution is 2.30. The van der Waals surface area contributed by atoms with E-state index >= 15 is 0 Å². The summed E-state index contributed by atoms with van der Waals surface area (Å²) in [6, 6.07) is 12.5. The third kappa shape index (κ3) is 3.91. The van der Waals surface area contributed by atoms with E-state index in [0.29, 0.717) is 42.5 Å². The summed E-state index contributed by atoms with van der Waals surface area (Å²) in [6.45, 7) is 0. The first kappa shape index (κ1) is 18.6. The molecule has 0 saturated heterocycles. The number of aromatic nitrogens is 2. The Kier molecular flexibility index (Phi) is 5.13. The second-order valence-electron chi connectivity index (χ2n) is 5.73. The fourth-order valence-electron chi connectivity index (χ4n) is 2.52. The Morgan fingerprint density at radius 1 is 1.11 bits per heavy atom. The highest BCUT2D eigenvalue weighted by Gasteiger charge is 2.16. The lowest BCUT2D eigenvalue weighted by atomic mass is 10.2.